The lowest BCUT2D eigenvalue weighted by Gasteiger charge is -2.34. The molecule has 2 rings (SSSR count). The number of piperidine rings is 1. The van der Waals surface area contributed by atoms with E-state index in [9.17, 15) is 18.3 Å². The molecule has 1 saturated carbocycles. The maximum Gasteiger partial charge on any atom is 0.324 e. The van der Waals surface area contributed by atoms with Gasteiger partial charge >= 0.3 is 5.97 Å². The largest absolute Gasteiger partial charge is 0.480 e. The van der Waals surface area contributed by atoms with Crippen LogP contribution in [-0.2, 0) is 15.0 Å². The zero-order chi connectivity index (χ0) is 15.5. The summed E-state index contributed by atoms with van der Waals surface area (Å²) in [6.07, 6.45) is 5.88. The molecule has 2 N–H and O–H groups in total. The quantitative estimate of drug-likeness (QED) is 0.773. The van der Waals surface area contributed by atoms with Crippen LogP contribution in [0, 0.1) is 5.92 Å². The predicted octanol–water partition coefficient (Wildman–Crippen LogP) is 1.73. The standard InChI is InChI=1S/C14H26N2O4S/c1-12-6-10-16(11-7-12)21(19,20)15-14(13(17)18)8-4-2-3-5-9-14/h12,15H,2-11H2,1H3,(H,17,18). The molecule has 122 valence electrons. The van der Waals surface area contributed by atoms with Gasteiger partial charge in [-0.3, -0.25) is 4.79 Å². The van der Waals surface area contributed by atoms with Crippen LogP contribution >= 0.6 is 0 Å². The number of hydrogen-bond donors (Lipinski definition) is 2. The Morgan fingerprint density at radius 2 is 1.67 bits per heavy atom. The summed E-state index contributed by atoms with van der Waals surface area (Å²) >= 11 is 0. The molecule has 1 saturated heterocycles. The lowest BCUT2D eigenvalue weighted by molar-refractivity contribution is -0.144. The number of carboxylic acid groups (broad SMARTS) is 1. The van der Waals surface area contributed by atoms with E-state index in [0.717, 1.165) is 38.5 Å². The van der Waals surface area contributed by atoms with Crippen LogP contribution in [-0.4, -0.2) is 42.4 Å². The molecule has 1 aliphatic heterocycles. The number of rotatable bonds is 4. The smallest absolute Gasteiger partial charge is 0.324 e. The van der Waals surface area contributed by atoms with Crippen molar-refractivity contribution in [3.05, 3.63) is 0 Å². The minimum absolute atomic E-state index is 0.381. The van der Waals surface area contributed by atoms with Gasteiger partial charge in [-0.25, -0.2) is 0 Å². The highest BCUT2D eigenvalue weighted by Gasteiger charge is 2.43. The van der Waals surface area contributed by atoms with E-state index in [-0.39, 0.29) is 0 Å². The summed E-state index contributed by atoms with van der Waals surface area (Å²) in [7, 11) is -3.72. The van der Waals surface area contributed by atoms with Crippen molar-refractivity contribution in [1.82, 2.24) is 9.03 Å². The van der Waals surface area contributed by atoms with Crippen molar-refractivity contribution in [2.45, 2.75) is 63.8 Å². The van der Waals surface area contributed by atoms with Crippen molar-refractivity contribution >= 4 is 16.2 Å². The van der Waals surface area contributed by atoms with Crippen molar-refractivity contribution in [2.24, 2.45) is 5.92 Å². The number of nitrogens with zero attached hydrogens (tertiary/aromatic N) is 1. The minimum atomic E-state index is -3.72. The third-order valence-electron chi connectivity index (χ3n) is 4.77. The van der Waals surface area contributed by atoms with Gasteiger partial charge < -0.3 is 5.11 Å². The SMILES string of the molecule is CC1CCN(S(=O)(=O)NC2(C(=O)O)CCCCCC2)CC1. The number of nitrogens with one attached hydrogen (secondary N) is 1. The van der Waals surface area contributed by atoms with E-state index < -0.39 is 21.7 Å². The molecule has 0 bridgehead atoms. The van der Waals surface area contributed by atoms with E-state index in [4.69, 9.17) is 0 Å². The van der Waals surface area contributed by atoms with E-state index >= 15 is 0 Å². The van der Waals surface area contributed by atoms with Crippen molar-refractivity contribution in [3.8, 4) is 0 Å². The highest BCUT2D eigenvalue weighted by Crippen LogP contribution is 2.29. The van der Waals surface area contributed by atoms with Crippen LogP contribution in [0.3, 0.4) is 0 Å². The second-order valence-corrected chi connectivity index (χ2v) is 8.16. The van der Waals surface area contributed by atoms with Crippen LogP contribution < -0.4 is 4.72 Å². The van der Waals surface area contributed by atoms with Gasteiger partial charge in [0.05, 0.1) is 0 Å². The van der Waals surface area contributed by atoms with Gasteiger partial charge in [0.15, 0.2) is 0 Å². The number of hydrogen-bond acceptors (Lipinski definition) is 3. The molecule has 1 heterocycles. The highest BCUT2D eigenvalue weighted by molar-refractivity contribution is 7.87. The van der Waals surface area contributed by atoms with E-state index in [1.54, 1.807) is 0 Å². The van der Waals surface area contributed by atoms with E-state index in [0.29, 0.717) is 31.8 Å². The lowest BCUT2D eigenvalue weighted by atomic mass is 9.92. The average molecular weight is 318 g/mol. The van der Waals surface area contributed by atoms with Gasteiger partial charge in [0, 0.05) is 13.1 Å². The Bertz CT molecular complexity index is 461. The normalized spacial score (nSPS) is 25.4. The first-order valence-electron chi connectivity index (χ1n) is 7.88. The molecule has 0 spiro atoms. The Labute approximate surface area is 127 Å². The van der Waals surface area contributed by atoms with Crippen LogP contribution in [0.15, 0.2) is 0 Å². The van der Waals surface area contributed by atoms with E-state index in [1.165, 1.54) is 4.31 Å². The molecule has 0 aromatic heterocycles. The molecule has 0 atom stereocenters. The Balaban J connectivity index is 2.13. The van der Waals surface area contributed by atoms with Crippen LogP contribution in [0.4, 0.5) is 0 Å². The lowest BCUT2D eigenvalue weighted by Crippen LogP contribution is -2.58. The Kier molecular flexibility index (Phi) is 5.27. The van der Waals surface area contributed by atoms with Gasteiger partial charge in [-0.05, 0) is 31.6 Å². The van der Waals surface area contributed by atoms with Gasteiger partial charge in [-0.1, -0.05) is 32.6 Å². The second-order valence-electron chi connectivity index (χ2n) is 6.49. The topological polar surface area (TPSA) is 86.7 Å². The molecule has 1 aliphatic carbocycles. The molecular weight excluding hydrogens is 292 g/mol. The molecule has 0 radical (unpaired) electrons. The predicted molar refractivity (Wildman–Crippen MR) is 80.1 cm³/mol. The first-order valence-corrected chi connectivity index (χ1v) is 9.32. The van der Waals surface area contributed by atoms with Crippen molar-refractivity contribution in [2.75, 3.05) is 13.1 Å². The van der Waals surface area contributed by atoms with E-state index in [2.05, 4.69) is 11.6 Å². The first-order chi connectivity index (χ1) is 9.86. The van der Waals surface area contributed by atoms with Crippen LogP contribution in [0.2, 0.25) is 0 Å². The number of aliphatic carboxylic acids is 1. The summed E-state index contributed by atoms with van der Waals surface area (Å²) in [6.45, 7) is 3.07. The molecule has 7 heteroatoms. The third kappa shape index (κ3) is 3.96. The molecule has 0 unspecified atom stereocenters. The summed E-state index contributed by atoms with van der Waals surface area (Å²) in [5, 5.41) is 9.57. The Hall–Kier alpha value is -0.660. The monoisotopic (exact) mass is 318 g/mol. The summed E-state index contributed by atoms with van der Waals surface area (Å²) in [5.74, 6) is -0.513. The van der Waals surface area contributed by atoms with Gasteiger partial charge in [0.25, 0.3) is 10.2 Å². The highest BCUT2D eigenvalue weighted by atomic mass is 32.2. The minimum Gasteiger partial charge on any atom is -0.480 e. The van der Waals surface area contributed by atoms with Gasteiger partial charge in [-0.15, -0.1) is 0 Å². The van der Waals surface area contributed by atoms with Crippen LogP contribution in [0.25, 0.3) is 0 Å². The Morgan fingerprint density at radius 1 is 1.14 bits per heavy atom. The van der Waals surface area contributed by atoms with Gasteiger partial charge in [-0.2, -0.15) is 17.4 Å². The molecule has 0 aromatic carbocycles. The fourth-order valence-corrected chi connectivity index (χ4v) is 4.83. The van der Waals surface area contributed by atoms with Crippen molar-refractivity contribution in [1.29, 1.82) is 0 Å². The maximum absolute atomic E-state index is 12.5. The zero-order valence-electron chi connectivity index (χ0n) is 12.7. The zero-order valence-corrected chi connectivity index (χ0v) is 13.5. The summed E-state index contributed by atoms with van der Waals surface area (Å²) in [5.41, 5.74) is -1.32. The molecular formula is C14H26N2O4S. The molecule has 2 aliphatic rings. The molecule has 6 nitrogen and oxygen atoms in total. The number of carbonyl (C=O) groups is 1. The summed E-state index contributed by atoms with van der Waals surface area (Å²) in [6, 6.07) is 0. The molecule has 0 amide bonds. The molecule has 21 heavy (non-hydrogen) atoms. The second kappa shape index (κ2) is 6.62. The third-order valence-corrected chi connectivity index (χ3v) is 6.47. The Morgan fingerprint density at radius 3 is 2.14 bits per heavy atom. The number of carboxylic acids is 1. The molecule has 0 aromatic rings. The van der Waals surface area contributed by atoms with Gasteiger partial charge in [0.1, 0.15) is 5.54 Å². The molecule has 2 fully saturated rings. The average Bonchev–Trinajstić information content (AvgIpc) is 2.65. The van der Waals surface area contributed by atoms with Crippen LogP contribution in [0.5, 0.6) is 0 Å². The van der Waals surface area contributed by atoms with Crippen LogP contribution in [0.1, 0.15) is 58.3 Å². The fourth-order valence-electron chi connectivity index (χ4n) is 3.23. The van der Waals surface area contributed by atoms with Crippen molar-refractivity contribution in [3.63, 3.8) is 0 Å². The maximum atomic E-state index is 12.5. The van der Waals surface area contributed by atoms with E-state index in [1.807, 2.05) is 0 Å². The summed E-state index contributed by atoms with van der Waals surface area (Å²) < 4.78 is 29.0. The first kappa shape index (κ1) is 16.7. The summed E-state index contributed by atoms with van der Waals surface area (Å²) in [4.78, 5) is 11.7. The van der Waals surface area contributed by atoms with Gasteiger partial charge in [0.2, 0.25) is 0 Å². The van der Waals surface area contributed by atoms with Crippen molar-refractivity contribution < 1.29 is 18.3 Å². The fraction of sp³-hybridized carbons (Fsp3) is 0.929.